The SMILES string of the molecule is P=S=S=S=S=S=S=S=S=S=S=S=S=S=S=S. The Balaban J connectivity index is 5.66. The van der Waals surface area contributed by atoms with Crippen molar-refractivity contribution in [3.63, 3.8) is 0 Å². The molecule has 96 valence electrons. The standard InChI is InChI=1S/HPS15/c1-3-5-7-9-11-13-15-16-14-12-10-8-6-4-2/h1H. The Hall–Kier alpha value is 3.60. The molecule has 0 aromatic rings. The van der Waals surface area contributed by atoms with Crippen LogP contribution in [0.3, 0.4) is 0 Å². The predicted octanol–water partition coefficient (Wildman–Crippen LogP) is 0.558. The van der Waals surface area contributed by atoms with Crippen LogP contribution >= 0.6 is 8.02 Å². The Labute approximate surface area is 141 Å². The highest BCUT2D eigenvalue weighted by Gasteiger charge is 1.40. The van der Waals surface area contributed by atoms with E-state index in [9.17, 15) is 0 Å². The molecule has 0 nitrogen and oxygen atoms in total. The van der Waals surface area contributed by atoms with E-state index in [-0.39, 0.29) is 0 Å². The summed E-state index contributed by atoms with van der Waals surface area (Å²) < 4.78 is 0. The van der Waals surface area contributed by atoms with Gasteiger partial charge < -0.3 is 0 Å². The van der Waals surface area contributed by atoms with E-state index in [0.29, 0.717) is 0 Å². The predicted molar refractivity (Wildman–Crippen MR) is 119 cm³/mol. The van der Waals surface area contributed by atoms with E-state index in [1.54, 1.807) is 116 Å². The lowest BCUT2D eigenvalue weighted by Gasteiger charge is -1.39. The molecule has 0 unspecified atom stereocenters. The molecule has 0 saturated carbocycles. The van der Waals surface area contributed by atoms with Gasteiger partial charge in [0.1, 0.15) is 0 Å². The van der Waals surface area contributed by atoms with E-state index in [1.807, 2.05) is 0 Å². The van der Waals surface area contributed by atoms with Gasteiger partial charge in [-0.2, -0.15) is 0 Å². The molecule has 0 heterocycles. The molecule has 0 spiro atoms. The molecule has 0 radical (unpaired) electrons. The highest BCUT2D eigenvalue weighted by atomic mass is 33.5. The van der Waals surface area contributed by atoms with Crippen LogP contribution in [-0.4, -0.2) is 0 Å². The fourth-order valence-electron chi connectivity index (χ4n) is 0.139. The van der Waals surface area contributed by atoms with Crippen molar-refractivity contribution in [2.75, 3.05) is 0 Å². The average molecular weight is 513 g/mol. The molecule has 0 amide bonds. The van der Waals surface area contributed by atoms with Crippen molar-refractivity contribution in [1.82, 2.24) is 0 Å². The third-order valence-electron chi connectivity index (χ3n) is 0.367. The second-order valence-corrected chi connectivity index (χ2v) is 26.1. The lowest BCUT2D eigenvalue weighted by atomic mass is 30.5. The molecule has 0 aliphatic carbocycles. The van der Waals surface area contributed by atoms with Crippen molar-refractivity contribution < 1.29 is 0 Å². The summed E-state index contributed by atoms with van der Waals surface area (Å²) in [7, 11) is 27.4. The normalized spacial score (nSPS) is 7.25. The molecule has 0 aromatic heterocycles. The van der Waals surface area contributed by atoms with Gasteiger partial charge >= 0.3 is 0 Å². The molecule has 0 saturated heterocycles. The van der Waals surface area contributed by atoms with Crippen molar-refractivity contribution in [3.8, 4) is 0 Å². The molecule has 0 fully saturated rings. The highest BCUT2D eigenvalue weighted by Crippen LogP contribution is 1.45. The summed E-state index contributed by atoms with van der Waals surface area (Å²) in [6, 6.07) is 0. The Morgan fingerprint density at radius 2 is 0.812 bits per heavy atom. The summed E-state index contributed by atoms with van der Waals surface area (Å²) in [6.07, 6.45) is 0. The van der Waals surface area contributed by atoms with Crippen LogP contribution in [-0.2, 0) is 136 Å². The Morgan fingerprint density at radius 3 is 1.12 bits per heavy atom. The second-order valence-electron chi connectivity index (χ2n) is 0.968. The van der Waals surface area contributed by atoms with Crippen molar-refractivity contribution in [1.29, 1.82) is 0 Å². The van der Waals surface area contributed by atoms with Crippen molar-refractivity contribution in [2.45, 2.75) is 0 Å². The molecular formula is HPS15. The molecule has 16 heavy (non-hydrogen) atoms. The molecule has 0 bridgehead atoms. The van der Waals surface area contributed by atoms with Gasteiger partial charge in [0, 0.05) is 55.6 Å². The first-order chi connectivity index (χ1) is 7.91. The first-order valence-electron chi connectivity index (χ1n) is 2.54. The van der Waals surface area contributed by atoms with Crippen LogP contribution in [0.25, 0.3) is 0 Å². The van der Waals surface area contributed by atoms with Crippen LogP contribution in [0.4, 0.5) is 0 Å². The van der Waals surface area contributed by atoms with Gasteiger partial charge in [-0.1, -0.05) is 9.50 Å². The Bertz CT molecular complexity index is 697. The van der Waals surface area contributed by atoms with Gasteiger partial charge in [-0.15, -0.1) is 0 Å². The quantitative estimate of drug-likeness (QED) is 0.428. The zero-order valence-corrected chi connectivity index (χ0v) is 19.9. The van der Waals surface area contributed by atoms with Gasteiger partial charge in [0.2, 0.25) is 0 Å². The minimum Gasteiger partial charge on any atom is -0.0540 e. The van der Waals surface area contributed by atoms with Crippen LogP contribution in [0.5, 0.6) is 0 Å². The third-order valence-corrected chi connectivity index (χ3v) is 29.8. The number of hydrogen-bond acceptors (Lipinski definition) is 1. The molecule has 0 aliphatic rings. The second kappa shape index (κ2) is 18.6. The fourth-order valence-corrected chi connectivity index (χ4v) is 33.7. The summed E-state index contributed by atoms with van der Waals surface area (Å²) in [5, 5.41) is 0. The molecule has 0 atom stereocenters. The molecule has 0 aliphatic heterocycles. The van der Waals surface area contributed by atoms with Gasteiger partial charge in [-0.3, -0.25) is 0 Å². The monoisotopic (exact) mass is 512 g/mol. The highest BCUT2D eigenvalue weighted by molar-refractivity contribution is 8.76. The summed E-state index contributed by atoms with van der Waals surface area (Å²) in [6.45, 7) is 0. The zero-order chi connectivity index (χ0) is 11.9. The maximum Gasteiger partial charge on any atom is 0 e. The van der Waals surface area contributed by atoms with Gasteiger partial charge in [-0.25, -0.2) is 0 Å². The van der Waals surface area contributed by atoms with Crippen LogP contribution in [0, 0.1) is 0 Å². The molecule has 0 N–H and O–H groups in total. The number of hydrogen-bond donors (Lipinski definition) is 0. The van der Waals surface area contributed by atoms with E-state index in [1.165, 1.54) is 8.88 Å². The zero-order valence-electron chi connectivity index (χ0n) is 6.62. The van der Waals surface area contributed by atoms with E-state index in [2.05, 4.69) is 8.02 Å². The van der Waals surface area contributed by atoms with Crippen molar-refractivity contribution in [3.05, 3.63) is 0 Å². The van der Waals surface area contributed by atoms with Crippen LogP contribution in [0.1, 0.15) is 0 Å². The Kier molecular flexibility index (Phi) is 22.8. The third kappa shape index (κ3) is 17.6. The van der Waals surface area contributed by atoms with Crippen molar-refractivity contribution in [2.24, 2.45) is 0 Å². The topological polar surface area (TPSA) is 0 Å². The molecule has 0 aromatic carbocycles. The van der Waals surface area contributed by atoms with Gasteiger partial charge in [-0.05, 0) is 79.1 Å². The summed E-state index contributed by atoms with van der Waals surface area (Å²) >= 11 is 4.73. The minimum atomic E-state index is 1.37. The number of rotatable bonds is 0. The van der Waals surface area contributed by atoms with Gasteiger partial charge in [0.25, 0.3) is 0 Å². The largest absolute Gasteiger partial charge is 0.0540 e. The van der Waals surface area contributed by atoms with E-state index < -0.39 is 0 Å². The van der Waals surface area contributed by atoms with Gasteiger partial charge in [0.15, 0.2) is 0 Å². The van der Waals surface area contributed by atoms with Crippen LogP contribution in [0.2, 0.25) is 0 Å². The van der Waals surface area contributed by atoms with Gasteiger partial charge in [0.05, 0.1) is 0 Å². The van der Waals surface area contributed by atoms with Crippen LogP contribution in [0.15, 0.2) is 0 Å². The molecular weight excluding hydrogens is 512 g/mol. The van der Waals surface area contributed by atoms with E-state index >= 15 is 0 Å². The lowest BCUT2D eigenvalue weighted by molar-refractivity contribution is 5.97. The average Bonchev–Trinajstić information content (AvgIpc) is 2.31. The fraction of sp³-hybridized carbons (Fsp3) is 0. The Morgan fingerprint density at radius 1 is 0.500 bits per heavy atom. The van der Waals surface area contributed by atoms with E-state index in [0.717, 1.165) is 0 Å². The first kappa shape index (κ1) is 19.6. The molecule has 0 rings (SSSR count). The summed E-state index contributed by atoms with van der Waals surface area (Å²) in [5.41, 5.74) is 0. The lowest BCUT2D eigenvalue weighted by Crippen LogP contribution is -1.39. The first-order valence-corrected chi connectivity index (χ1v) is 22.8. The smallest absolute Gasteiger partial charge is 0 e. The molecule has 16 heteroatoms. The summed E-state index contributed by atoms with van der Waals surface area (Å²) in [5.74, 6) is 0. The van der Waals surface area contributed by atoms with Crippen molar-refractivity contribution >= 4 is 144 Å². The van der Waals surface area contributed by atoms with E-state index in [4.69, 9.17) is 11.2 Å². The minimum absolute atomic E-state index is 1.37. The maximum absolute atomic E-state index is 4.73. The van der Waals surface area contributed by atoms with Crippen LogP contribution < -0.4 is 0 Å². The maximum atomic E-state index is 4.73. The summed E-state index contributed by atoms with van der Waals surface area (Å²) in [4.78, 5) is 0.